The third kappa shape index (κ3) is 3.73. The van der Waals surface area contributed by atoms with E-state index in [0.717, 1.165) is 37.4 Å². The van der Waals surface area contributed by atoms with Gasteiger partial charge in [-0.3, -0.25) is 24.6 Å². The van der Waals surface area contributed by atoms with Crippen LogP contribution >= 0.6 is 0 Å². The van der Waals surface area contributed by atoms with E-state index in [0.29, 0.717) is 12.8 Å². The van der Waals surface area contributed by atoms with Crippen molar-refractivity contribution in [1.82, 2.24) is 10.2 Å². The number of rotatable bonds is 4. The first-order chi connectivity index (χ1) is 11.5. The fourth-order valence-electron chi connectivity index (χ4n) is 3.28. The van der Waals surface area contributed by atoms with Crippen molar-refractivity contribution in [3.8, 4) is 0 Å². The molecule has 0 unspecified atom stereocenters. The lowest BCUT2D eigenvalue weighted by Gasteiger charge is -2.35. The van der Waals surface area contributed by atoms with Gasteiger partial charge in [0.25, 0.3) is 0 Å². The van der Waals surface area contributed by atoms with Gasteiger partial charge in [0.15, 0.2) is 0 Å². The SMILES string of the molecule is O=C(O)CN1CCN(c2ccc([C@@H]3CCC(=O)NC3=O)cc2)CC1. The van der Waals surface area contributed by atoms with Gasteiger partial charge in [-0.1, -0.05) is 12.1 Å². The number of nitrogens with one attached hydrogen (secondary N) is 1. The van der Waals surface area contributed by atoms with E-state index in [4.69, 9.17) is 5.11 Å². The number of hydrogen-bond acceptors (Lipinski definition) is 5. The molecule has 0 aliphatic carbocycles. The molecule has 7 nitrogen and oxygen atoms in total. The Labute approximate surface area is 140 Å². The van der Waals surface area contributed by atoms with Gasteiger partial charge in [-0.05, 0) is 24.1 Å². The average molecular weight is 331 g/mol. The first-order valence-electron chi connectivity index (χ1n) is 8.15. The van der Waals surface area contributed by atoms with Gasteiger partial charge in [-0.25, -0.2) is 0 Å². The minimum Gasteiger partial charge on any atom is -0.480 e. The van der Waals surface area contributed by atoms with Crippen LogP contribution in [-0.4, -0.2) is 60.5 Å². The Morgan fingerprint density at radius 1 is 1.12 bits per heavy atom. The number of piperidine rings is 1. The molecule has 3 rings (SSSR count). The summed E-state index contributed by atoms with van der Waals surface area (Å²) in [6, 6.07) is 7.87. The van der Waals surface area contributed by atoms with Gasteiger partial charge in [-0.2, -0.15) is 0 Å². The van der Waals surface area contributed by atoms with Crippen molar-refractivity contribution in [2.45, 2.75) is 18.8 Å². The molecular formula is C17H21N3O4. The molecule has 0 radical (unpaired) electrons. The standard InChI is InChI=1S/C17H21N3O4/c21-15-6-5-14(17(24)18-15)12-1-3-13(4-2-12)20-9-7-19(8-10-20)11-16(22)23/h1-4,14H,5-11H2,(H,22,23)(H,18,21,24)/t14-/m0/s1. The van der Waals surface area contributed by atoms with E-state index in [1.54, 1.807) is 0 Å². The maximum Gasteiger partial charge on any atom is 0.317 e. The van der Waals surface area contributed by atoms with Crippen LogP contribution in [0.5, 0.6) is 0 Å². The van der Waals surface area contributed by atoms with Crippen LogP contribution in [0.15, 0.2) is 24.3 Å². The largest absolute Gasteiger partial charge is 0.480 e. The summed E-state index contributed by atoms with van der Waals surface area (Å²) in [4.78, 5) is 38.0. The van der Waals surface area contributed by atoms with Crippen LogP contribution in [0.1, 0.15) is 24.3 Å². The van der Waals surface area contributed by atoms with Crippen LogP contribution < -0.4 is 10.2 Å². The molecule has 2 fully saturated rings. The van der Waals surface area contributed by atoms with Gasteiger partial charge in [0.1, 0.15) is 0 Å². The van der Waals surface area contributed by atoms with E-state index in [1.165, 1.54) is 0 Å². The molecule has 2 aliphatic heterocycles. The van der Waals surface area contributed by atoms with Gasteiger partial charge >= 0.3 is 5.97 Å². The molecule has 2 amide bonds. The number of hydrogen-bond donors (Lipinski definition) is 2. The zero-order valence-electron chi connectivity index (χ0n) is 13.4. The van der Waals surface area contributed by atoms with E-state index >= 15 is 0 Å². The molecule has 0 saturated carbocycles. The van der Waals surface area contributed by atoms with Gasteiger partial charge < -0.3 is 10.0 Å². The topological polar surface area (TPSA) is 89.9 Å². The third-order valence-corrected chi connectivity index (χ3v) is 4.63. The minimum absolute atomic E-state index is 0.0856. The molecule has 0 bridgehead atoms. The van der Waals surface area contributed by atoms with E-state index in [2.05, 4.69) is 10.2 Å². The van der Waals surface area contributed by atoms with Crippen molar-refractivity contribution in [2.75, 3.05) is 37.6 Å². The predicted molar refractivity (Wildman–Crippen MR) is 87.9 cm³/mol. The van der Waals surface area contributed by atoms with E-state index in [1.807, 2.05) is 29.2 Å². The maximum absolute atomic E-state index is 11.9. The number of carbonyl (C=O) groups is 3. The Balaban J connectivity index is 1.60. The molecule has 1 atom stereocenters. The molecule has 2 N–H and O–H groups in total. The Bertz CT molecular complexity index is 636. The number of anilines is 1. The molecular weight excluding hydrogens is 310 g/mol. The van der Waals surface area contributed by atoms with Crippen molar-refractivity contribution < 1.29 is 19.5 Å². The highest BCUT2D eigenvalue weighted by Crippen LogP contribution is 2.27. The lowest BCUT2D eigenvalue weighted by molar-refractivity contribution is -0.138. The quantitative estimate of drug-likeness (QED) is 0.777. The molecule has 2 saturated heterocycles. The number of carbonyl (C=O) groups excluding carboxylic acids is 2. The second-order valence-corrected chi connectivity index (χ2v) is 6.25. The summed E-state index contributed by atoms with van der Waals surface area (Å²) >= 11 is 0. The molecule has 0 aromatic heterocycles. The number of benzene rings is 1. The zero-order chi connectivity index (χ0) is 17.1. The Morgan fingerprint density at radius 3 is 2.38 bits per heavy atom. The highest BCUT2D eigenvalue weighted by Gasteiger charge is 2.28. The van der Waals surface area contributed by atoms with Crippen molar-refractivity contribution in [1.29, 1.82) is 0 Å². The number of piperazine rings is 1. The monoisotopic (exact) mass is 331 g/mol. The van der Waals surface area contributed by atoms with Crippen LogP contribution in [0, 0.1) is 0 Å². The lowest BCUT2D eigenvalue weighted by Crippen LogP contribution is -2.48. The van der Waals surface area contributed by atoms with E-state index in [9.17, 15) is 14.4 Å². The fourth-order valence-corrected chi connectivity index (χ4v) is 3.28. The Kier molecular flexibility index (Phi) is 4.80. The summed E-state index contributed by atoms with van der Waals surface area (Å²) in [6.45, 7) is 3.10. The summed E-state index contributed by atoms with van der Waals surface area (Å²) in [5.74, 6) is -1.48. The summed E-state index contributed by atoms with van der Waals surface area (Å²) in [7, 11) is 0. The first-order valence-corrected chi connectivity index (χ1v) is 8.15. The summed E-state index contributed by atoms with van der Waals surface area (Å²) in [5.41, 5.74) is 1.99. The van der Waals surface area contributed by atoms with Crippen molar-refractivity contribution in [3.05, 3.63) is 29.8 Å². The molecule has 2 aliphatic rings. The molecule has 2 heterocycles. The van der Waals surface area contributed by atoms with Crippen LogP contribution in [0.2, 0.25) is 0 Å². The normalized spacial score (nSPS) is 22.3. The van der Waals surface area contributed by atoms with Crippen molar-refractivity contribution >= 4 is 23.5 Å². The Hall–Kier alpha value is -2.41. The van der Waals surface area contributed by atoms with Crippen LogP contribution in [-0.2, 0) is 14.4 Å². The molecule has 24 heavy (non-hydrogen) atoms. The molecule has 0 spiro atoms. The van der Waals surface area contributed by atoms with Crippen molar-refractivity contribution in [2.24, 2.45) is 0 Å². The fraction of sp³-hybridized carbons (Fsp3) is 0.471. The number of carboxylic acid groups (broad SMARTS) is 1. The van der Waals surface area contributed by atoms with Crippen LogP contribution in [0.25, 0.3) is 0 Å². The number of imide groups is 1. The molecule has 1 aromatic carbocycles. The average Bonchev–Trinajstić information content (AvgIpc) is 2.55. The summed E-state index contributed by atoms with van der Waals surface area (Å²) < 4.78 is 0. The van der Waals surface area contributed by atoms with Gasteiger partial charge in [0.2, 0.25) is 11.8 Å². The third-order valence-electron chi connectivity index (χ3n) is 4.63. The van der Waals surface area contributed by atoms with Crippen LogP contribution in [0.4, 0.5) is 5.69 Å². The smallest absolute Gasteiger partial charge is 0.317 e. The first kappa shape index (κ1) is 16.4. The second kappa shape index (κ2) is 7.00. The summed E-state index contributed by atoms with van der Waals surface area (Å²) in [6.07, 6.45) is 0.932. The molecule has 1 aromatic rings. The number of aliphatic carboxylic acids is 1. The summed E-state index contributed by atoms with van der Waals surface area (Å²) in [5, 5.41) is 11.2. The number of nitrogens with zero attached hydrogens (tertiary/aromatic N) is 2. The van der Waals surface area contributed by atoms with Crippen LogP contribution in [0.3, 0.4) is 0 Å². The zero-order valence-corrected chi connectivity index (χ0v) is 13.4. The maximum atomic E-state index is 11.9. The number of amides is 2. The van der Waals surface area contributed by atoms with Gasteiger partial charge in [0, 0.05) is 38.3 Å². The van der Waals surface area contributed by atoms with Gasteiger partial charge in [-0.15, -0.1) is 0 Å². The highest BCUT2D eigenvalue weighted by molar-refractivity contribution is 6.00. The number of carboxylic acids is 1. The highest BCUT2D eigenvalue weighted by atomic mass is 16.4. The van der Waals surface area contributed by atoms with Gasteiger partial charge in [0.05, 0.1) is 12.5 Å². The molecule has 128 valence electrons. The van der Waals surface area contributed by atoms with E-state index < -0.39 is 5.97 Å². The van der Waals surface area contributed by atoms with E-state index in [-0.39, 0.29) is 24.3 Å². The lowest BCUT2D eigenvalue weighted by atomic mass is 9.90. The predicted octanol–water partition coefficient (Wildman–Crippen LogP) is 0.413. The Morgan fingerprint density at radius 2 is 1.79 bits per heavy atom. The molecule has 7 heteroatoms. The minimum atomic E-state index is -0.794. The van der Waals surface area contributed by atoms with Crippen molar-refractivity contribution in [3.63, 3.8) is 0 Å². The second-order valence-electron chi connectivity index (χ2n) is 6.25.